The molecular formula is C14H34O4Si2. The number of ether oxygens (including phenoxy) is 2. The van der Waals surface area contributed by atoms with E-state index in [4.69, 9.17) is 18.3 Å². The zero-order chi connectivity index (χ0) is 15.4. The maximum Gasteiger partial charge on any atom is 0.186 e. The van der Waals surface area contributed by atoms with Crippen LogP contribution in [0.5, 0.6) is 0 Å². The molecule has 1 saturated heterocycles. The van der Waals surface area contributed by atoms with Gasteiger partial charge in [-0.25, -0.2) is 0 Å². The molecule has 0 spiro atoms. The first-order valence-electron chi connectivity index (χ1n) is 7.86. The Labute approximate surface area is 128 Å². The van der Waals surface area contributed by atoms with Gasteiger partial charge in [-0.1, -0.05) is 0 Å². The van der Waals surface area contributed by atoms with Gasteiger partial charge < -0.3 is 18.3 Å². The molecule has 0 bridgehead atoms. The summed E-state index contributed by atoms with van der Waals surface area (Å²) < 4.78 is 21.4. The summed E-state index contributed by atoms with van der Waals surface area (Å²) in [5.74, 6) is 0. The van der Waals surface area contributed by atoms with Crippen molar-refractivity contribution in [2.45, 2.75) is 58.6 Å². The minimum atomic E-state index is -1.38. The monoisotopic (exact) mass is 322 g/mol. The zero-order valence-electron chi connectivity index (χ0n) is 14.2. The Morgan fingerprint density at radius 1 is 1.20 bits per heavy atom. The third-order valence-electron chi connectivity index (χ3n) is 2.81. The van der Waals surface area contributed by atoms with Crippen LogP contribution >= 0.6 is 0 Å². The minimum absolute atomic E-state index is 0.396. The van der Waals surface area contributed by atoms with Crippen molar-refractivity contribution in [1.29, 1.82) is 0 Å². The van der Waals surface area contributed by atoms with Crippen LogP contribution in [0.3, 0.4) is 0 Å². The van der Waals surface area contributed by atoms with Gasteiger partial charge in [-0.05, 0) is 52.5 Å². The molecule has 4 nitrogen and oxygen atoms in total. The first-order chi connectivity index (χ1) is 9.41. The van der Waals surface area contributed by atoms with Gasteiger partial charge in [0.15, 0.2) is 17.4 Å². The molecule has 1 heterocycles. The van der Waals surface area contributed by atoms with Crippen molar-refractivity contribution in [2.75, 3.05) is 33.0 Å². The first-order valence-corrected chi connectivity index (χ1v) is 13.8. The van der Waals surface area contributed by atoms with Gasteiger partial charge in [-0.15, -0.1) is 0 Å². The maximum atomic E-state index is 5.73. The molecule has 20 heavy (non-hydrogen) atoms. The van der Waals surface area contributed by atoms with Crippen LogP contribution in [0.4, 0.5) is 0 Å². The van der Waals surface area contributed by atoms with Crippen LogP contribution in [0, 0.1) is 0 Å². The second-order valence-electron chi connectivity index (χ2n) is 5.83. The highest BCUT2D eigenvalue weighted by molar-refractivity contribution is 6.71. The van der Waals surface area contributed by atoms with Crippen LogP contribution in [-0.2, 0) is 18.3 Å². The Bertz CT molecular complexity index is 221. The van der Waals surface area contributed by atoms with Crippen LogP contribution in [0.25, 0.3) is 0 Å². The Kier molecular flexibility index (Phi) is 12.0. The lowest BCUT2D eigenvalue weighted by molar-refractivity contribution is 0.116. The molecule has 1 fully saturated rings. The Morgan fingerprint density at radius 2 is 1.85 bits per heavy atom. The molecule has 0 aromatic rings. The molecule has 6 heteroatoms. The zero-order valence-corrected chi connectivity index (χ0v) is 16.4. The van der Waals surface area contributed by atoms with E-state index in [0.29, 0.717) is 6.10 Å². The van der Waals surface area contributed by atoms with E-state index in [9.17, 15) is 0 Å². The van der Waals surface area contributed by atoms with Crippen molar-refractivity contribution in [2.24, 2.45) is 0 Å². The third-order valence-corrected chi connectivity index (χ3v) is 6.44. The Hall–Kier alpha value is 0.274. The van der Waals surface area contributed by atoms with Crippen LogP contribution in [0.15, 0.2) is 0 Å². The van der Waals surface area contributed by atoms with Crippen molar-refractivity contribution in [3.63, 3.8) is 0 Å². The van der Waals surface area contributed by atoms with Gasteiger partial charge in [0.05, 0.1) is 13.2 Å². The van der Waals surface area contributed by atoms with E-state index in [2.05, 4.69) is 33.1 Å². The number of hydrogen-bond acceptors (Lipinski definition) is 4. The summed E-state index contributed by atoms with van der Waals surface area (Å²) in [6.45, 7) is 17.2. The highest BCUT2D eigenvalue weighted by Gasteiger charge is 2.23. The van der Waals surface area contributed by atoms with E-state index in [1.54, 1.807) is 0 Å². The summed E-state index contributed by atoms with van der Waals surface area (Å²) in [5.41, 5.74) is 0. The summed E-state index contributed by atoms with van der Waals surface area (Å²) in [4.78, 5) is 0. The topological polar surface area (TPSA) is 40.2 Å². The molecule has 0 aromatic carbocycles. The van der Waals surface area contributed by atoms with Crippen LogP contribution in [-0.4, -0.2) is 56.5 Å². The van der Waals surface area contributed by atoms with Gasteiger partial charge in [0, 0.05) is 19.8 Å². The second kappa shape index (κ2) is 11.9. The molecule has 0 saturated carbocycles. The second-order valence-corrected chi connectivity index (χ2v) is 12.6. The highest BCUT2D eigenvalue weighted by atomic mass is 28.4. The SMILES string of the molecule is CCO[SiH](C)C.CCO[Si](C)(C)CCCOCC1CO1. The predicted octanol–water partition coefficient (Wildman–Crippen LogP) is 3.04. The molecule has 0 radical (unpaired) electrons. The van der Waals surface area contributed by atoms with Crippen LogP contribution < -0.4 is 0 Å². The third kappa shape index (κ3) is 14.7. The lowest BCUT2D eigenvalue weighted by Gasteiger charge is -2.21. The average Bonchev–Trinajstić information content (AvgIpc) is 3.13. The van der Waals surface area contributed by atoms with Crippen molar-refractivity contribution < 1.29 is 18.3 Å². The molecule has 1 aliphatic heterocycles. The van der Waals surface area contributed by atoms with Gasteiger partial charge >= 0.3 is 0 Å². The van der Waals surface area contributed by atoms with Gasteiger partial charge in [0.25, 0.3) is 0 Å². The molecule has 0 aliphatic carbocycles. The van der Waals surface area contributed by atoms with E-state index in [-0.39, 0.29) is 0 Å². The number of epoxide rings is 1. The summed E-state index contributed by atoms with van der Waals surface area (Å²) in [7, 11) is -2.05. The van der Waals surface area contributed by atoms with E-state index >= 15 is 0 Å². The normalized spacial score (nSPS) is 17.9. The van der Waals surface area contributed by atoms with Crippen molar-refractivity contribution in [1.82, 2.24) is 0 Å². The molecule has 1 atom stereocenters. The summed E-state index contributed by atoms with van der Waals surface area (Å²) >= 11 is 0. The summed E-state index contributed by atoms with van der Waals surface area (Å²) in [5, 5.41) is 0. The van der Waals surface area contributed by atoms with Crippen LogP contribution in [0.2, 0.25) is 32.2 Å². The number of rotatable bonds is 10. The van der Waals surface area contributed by atoms with Gasteiger partial charge in [-0.2, -0.15) is 0 Å². The van der Waals surface area contributed by atoms with E-state index < -0.39 is 17.4 Å². The summed E-state index contributed by atoms with van der Waals surface area (Å²) in [6, 6.07) is 1.19. The smallest absolute Gasteiger partial charge is 0.186 e. The van der Waals surface area contributed by atoms with Crippen molar-refractivity contribution in [3.05, 3.63) is 0 Å². The molecule has 0 aromatic heterocycles. The molecule has 0 N–H and O–H groups in total. The number of hydrogen-bond donors (Lipinski definition) is 0. The first kappa shape index (κ1) is 20.3. The Balaban J connectivity index is 0.000000511. The predicted molar refractivity (Wildman–Crippen MR) is 89.6 cm³/mol. The minimum Gasteiger partial charge on any atom is -0.421 e. The van der Waals surface area contributed by atoms with Crippen molar-refractivity contribution in [3.8, 4) is 0 Å². The lowest BCUT2D eigenvalue weighted by Crippen LogP contribution is -2.30. The van der Waals surface area contributed by atoms with E-state index in [1.807, 2.05) is 6.92 Å². The van der Waals surface area contributed by atoms with E-state index in [1.165, 1.54) is 6.04 Å². The lowest BCUT2D eigenvalue weighted by atomic mass is 10.5. The molecule has 0 amide bonds. The standard InChI is InChI=1S/C10H22O3Si.C4H12OSi/c1-4-13-14(2,3)7-5-6-11-8-10-9-12-10;1-4-5-6(2)3/h10H,4-9H2,1-3H3;6H,4H2,1-3H3. The molecule has 1 aliphatic rings. The van der Waals surface area contributed by atoms with Crippen LogP contribution in [0.1, 0.15) is 20.3 Å². The van der Waals surface area contributed by atoms with Gasteiger partial charge in [-0.3, -0.25) is 0 Å². The fourth-order valence-electron chi connectivity index (χ4n) is 1.78. The van der Waals surface area contributed by atoms with Gasteiger partial charge in [0.2, 0.25) is 0 Å². The maximum absolute atomic E-state index is 5.73. The molecule has 1 unspecified atom stereocenters. The average molecular weight is 323 g/mol. The van der Waals surface area contributed by atoms with Gasteiger partial charge in [0.1, 0.15) is 6.10 Å². The van der Waals surface area contributed by atoms with E-state index in [0.717, 1.165) is 39.5 Å². The summed E-state index contributed by atoms with van der Waals surface area (Å²) in [6.07, 6.45) is 1.51. The largest absolute Gasteiger partial charge is 0.421 e. The molecule has 122 valence electrons. The van der Waals surface area contributed by atoms with Crippen molar-refractivity contribution >= 4 is 17.4 Å². The molecular weight excluding hydrogens is 288 g/mol. The fourth-order valence-corrected chi connectivity index (χ4v) is 4.36. The molecule has 1 rings (SSSR count). The Morgan fingerprint density at radius 3 is 2.25 bits per heavy atom. The quantitative estimate of drug-likeness (QED) is 0.352. The highest BCUT2D eigenvalue weighted by Crippen LogP contribution is 2.14. The fraction of sp³-hybridized carbons (Fsp3) is 1.00.